The molecule has 1 heteroatoms. The van der Waals surface area contributed by atoms with Crippen LogP contribution in [-0.2, 0) is 0 Å². The van der Waals surface area contributed by atoms with Gasteiger partial charge in [-0.05, 0) is 28.8 Å². The predicted octanol–water partition coefficient (Wildman–Crippen LogP) is 6.62. The Morgan fingerprint density at radius 3 is 1.76 bits per heavy atom. The number of fused-ring (bicyclic) bond motifs is 1. The fraction of sp³-hybridized carbons (Fsp3) is 0.500. The Morgan fingerprint density at radius 2 is 1.29 bits per heavy atom. The fourth-order valence-electron chi connectivity index (χ4n) is 0.906. The Morgan fingerprint density at radius 1 is 0.824 bits per heavy atom. The van der Waals surface area contributed by atoms with E-state index in [9.17, 15) is 0 Å². The first-order valence-corrected chi connectivity index (χ1v) is 7.50. The van der Waals surface area contributed by atoms with Crippen LogP contribution in [0.25, 0.3) is 10.1 Å². The van der Waals surface area contributed by atoms with Gasteiger partial charge < -0.3 is 0 Å². The van der Waals surface area contributed by atoms with Crippen molar-refractivity contribution in [1.82, 2.24) is 0 Å². The average molecular weight is 252 g/mol. The molecule has 0 N–H and O–H groups in total. The van der Waals surface area contributed by atoms with Crippen LogP contribution in [0.3, 0.4) is 0 Å². The van der Waals surface area contributed by atoms with E-state index < -0.39 is 0 Å². The van der Waals surface area contributed by atoms with Crippen LogP contribution < -0.4 is 0 Å². The van der Waals surface area contributed by atoms with Crippen LogP contribution in [0.4, 0.5) is 0 Å². The largest absolute Gasteiger partial charge is 0.144 e. The van der Waals surface area contributed by atoms with Gasteiger partial charge in [-0.3, -0.25) is 0 Å². The van der Waals surface area contributed by atoms with Crippen molar-refractivity contribution in [2.75, 3.05) is 0 Å². The molecule has 2 rings (SSSR count). The van der Waals surface area contributed by atoms with E-state index in [2.05, 4.69) is 56.5 Å². The number of hydrogen-bond donors (Lipinski definition) is 0. The summed E-state index contributed by atoms with van der Waals surface area (Å²) in [6.07, 6.45) is 0. The molecule has 0 radical (unpaired) electrons. The Balaban J connectivity index is 0. The van der Waals surface area contributed by atoms with Crippen molar-refractivity contribution in [2.45, 2.75) is 48.5 Å². The normalized spacial score (nSPS) is 8.24. The maximum atomic E-state index is 2.17. The van der Waals surface area contributed by atoms with Gasteiger partial charge in [0.15, 0.2) is 0 Å². The van der Waals surface area contributed by atoms with Gasteiger partial charge in [0.05, 0.1) is 0 Å². The summed E-state index contributed by atoms with van der Waals surface area (Å²) in [5.41, 5.74) is 0. The molecule has 0 fully saturated rings. The van der Waals surface area contributed by atoms with Crippen molar-refractivity contribution < 1.29 is 0 Å². The summed E-state index contributed by atoms with van der Waals surface area (Å²) in [6.45, 7) is 14.5. The van der Waals surface area contributed by atoms with E-state index in [-0.39, 0.29) is 0 Å². The van der Waals surface area contributed by atoms with Crippen molar-refractivity contribution in [3.05, 3.63) is 35.7 Å². The van der Waals surface area contributed by atoms with Gasteiger partial charge in [0.2, 0.25) is 0 Å². The lowest BCUT2D eigenvalue weighted by atomic mass is 10.3. The lowest BCUT2D eigenvalue weighted by Gasteiger charge is -1.82. The topological polar surface area (TPSA) is 0 Å². The minimum atomic E-state index is 0.833. The maximum Gasteiger partial charge on any atom is 0.0342 e. The minimum absolute atomic E-state index is 0.833. The standard InChI is InChI=1S/C8H6S.C4H10.2C2H6/c1-2-4-8-7(3-1)5-6-9-8;1-4(2)3;2*1-2/h1-6H;4H,1-3H3;2*1-2H3. The van der Waals surface area contributed by atoms with Gasteiger partial charge in [0, 0.05) is 4.70 Å². The van der Waals surface area contributed by atoms with Crippen molar-refractivity contribution in [1.29, 1.82) is 0 Å². The highest BCUT2D eigenvalue weighted by Crippen LogP contribution is 2.18. The first-order valence-electron chi connectivity index (χ1n) is 6.62. The molecule has 1 aromatic heterocycles. The van der Waals surface area contributed by atoms with Gasteiger partial charge in [-0.25, -0.2) is 0 Å². The first-order chi connectivity index (χ1) is 8.20. The number of rotatable bonds is 0. The van der Waals surface area contributed by atoms with Crippen LogP contribution in [0.5, 0.6) is 0 Å². The number of benzene rings is 1. The average Bonchev–Trinajstić information content (AvgIpc) is 2.81. The SMILES string of the molecule is CC.CC.CC(C)C.c1ccc2sccc2c1. The lowest BCUT2D eigenvalue weighted by molar-refractivity contribution is 0.737. The third-order valence-electron chi connectivity index (χ3n) is 1.36. The molecule has 0 unspecified atom stereocenters. The summed E-state index contributed by atoms with van der Waals surface area (Å²) in [4.78, 5) is 0. The highest BCUT2D eigenvalue weighted by Gasteiger charge is 1.87. The fourth-order valence-corrected chi connectivity index (χ4v) is 1.70. The van der Waals surface area contributed by atoms with E-state index in [1.807, 2.05) is 27.7 Å². The van der Waals surface area contributed by atoms with Crippen LogP contribution in [0, 0.1) is 5.92 Å². The van der Waals surface area contributed by atoms with E-state index in [4.69, 9.17) is 0 Å². The van der Waals surface area contributed by atoms with Crippen molar-refractivity contribution in [3.63, 3.8) is 0 Å². The molecule has 98 valence electrons. The van der Waals surface area contributed by atoms with E-state index in [1.54, 1.807) is 11.3 Å². The summed E-state index contributed by atoms with van der Waals surface area (Å²) in [5, 5.41) is 3.47. The van der Waals surface area contributed by atoms with Crippen LogP contribution in [0.1, 0.15) is 48.5 Å². The molecule has 0 aliphatic carbocycles. The smallest absolute Gasteiger partial charge is 0.0342 e. The van der Waals surface area contributed by atoms with Crippen LogP contribution in [-0.4, -0.2) is 0 Å². The quantitative estimate of drug-likeness (QED) is 0.494. The number of hydrogen-bond acceptors (Lipinski definition) is 1. The van der Waals surface area contributed by atoms with Gasteiger partial charge in [-0.1, -0.05) is 66.7 Å². The van der Waals surface area contributed by atoms with E-state index >= 15 is 0 Å². The highest BCUT2D eigenvalue weighted by atomic mass is 32.1. The summed E-state index contributed by atoms with van der Waals surface area (Å²) in [5.74, 6) is 0.833. The van der Waals surface area contributed by atoms with Gasteiger partial charge in [0.25, 0.3) is 0 Å². The Hall–Kier alpha value is -0.820. The molecule has 0 bridgehead atoms. The Kier molecular flexibility index (Phi) is 14.4. The molecule has 1 aromatic carbocycles. The van der Waals surface area contributed by atoms with Gasteiger partial charge in [-0.15, -0.1) is 11.3 Å². The minimum Gasteiger partial charge on any atom is -0.144 e. The molecule has 0 atom stereocenters. The monoisotopic (exact) mass is 252 g/mol. The first kappa shape index (κ1) is 18.5. The third kappa shape index (κ3) is 10.1. The van der Waals surface area contributed by atoms with Crippen LogP contribution in [0.2, 0.25) is 0 Å². The molecule has 0 aliphatic heterocycles. The second-order valence-corrected chi connectivity index (χ2v) is 4.64. The predicted molar refractivity (Wildman–Crippen MR) is 85.0 cm³/mol. The molecular weight excluding hydrogens is 224 g/mol. The lowest BCUT2D eigenvalue weighted by Crippen LogP contribution is -1.66. The summed E-state index contributed by atoms with van der Waals surface area (Å²) >= 11 is 1.79. The molecule has 1 heterocycles. The van der Waals surface area contributed by atoms with Gasteiger partial charge >= 0.3 is 0 Å². The van der Waals surface area contributed by atoms with Crippen LogP contribution in [0.15, 0.2) is 35.7 Å². The summed E-state index contributed by atoms with van der Waals surface area (Å²) < 4.78 is 1.37. The zero-order valence-corrected chi connectivity index (χ0v) is 13.3. The molecule has 0 aliphatic rings. The zero-order chi connectivity index (χ0) is 13.7. The zero-order valence-electron chi connectivity index (χ0n) is 12.4. The van der Waals surface area contributed by atoms with Crippen molar-refractivity contribution in [3.8, 4) is 0 Å². The summed E-state index contributed by atoms with van der Waals surface area (Å²) in [6, 6.07) is 10.5. The Bertz CT molecular complexity index is 314. The molecular formula is C16H28S. The highest BCUT2D eigenvalue weighted by molar-refractivity contribution is 7.17. The molecule has 2 aromatic rings. The van der Waals surface area contributed by atoms with Crippen molar-refractivity contribution >= 4 is 21.4 Å². The molecule has 0 amide bonds. The van der Waals surface area contributed by atoms with Gasteiger partial charge in [0.1, 0.15) is 0 Å². The van der Waals surface area contributed by atoms with Crippen molar-refractivity contribution in [2.24, 2.45) is 5.92 Å². The molecule has 17 heavy (non-hydrogen) atoms. The maximum absolute atomic E-state index is 2.17. The molecule has 0 saturated carbocycles. The number of thiophene rings is 1. The van der Waals surface area contributed by atoms with Crippen LogP contribution >= 0.6 is 11.3 Å². The van der Waals surface area contributed by atoms with Gasteiger partial charge in [-0.2, -0.15) is 0 Å². The third-order valence-corrected chi connectivity index (χ3v) is 2.26. The summed E-state index contributed by atoms with van der Waals surface area (Å²) in [7, 11) is 0. The second kappa shape index (κ2) is 13.2. The molecule has 0 saturated heterocycles. The Labute approximate surface area is 112 Å². The van der Waals surface area contributed by atoms with E-state index in [0.717, 1.165) is 5.92 Å². The second-order valence-electron chi connectivity index (χ2n) is 3.69. The van der Waals surface area contributed by atoms with E-state index in [0.29, 0.717) is 0 Å². The molecule has 0 spiro atoms. The molecule has 0 nitrogen and oxygen atoms in total. The van der Waals surface area contributed by atoms with E-state index in [1.165, 1.54) is 10.1 Å².